The number of carbonyl (C=O) groups is 5. The standard InChI is InChI=1S/C28H35N7O8/c1-16(36)32-22(12-19-13-29-15-31-19)28(41)34-23-5-3-2-4-18(23)11-24(34)27(40)33-21(26(39)30-14-25(37)38)10-17-6-8-20(9-7-17)35(42)43/h6-9,13,15,18,21-24H,2-5,10-12,14H2,1H3,(H,29,31)(H,30,39)(H,32,36)(H,33,40)(H,37,38)/t18-,21-,22-,23-,24-/m0/s1. The van der Waals surface area contributed by atoms with Crippen LogP contribution in [0, 0.1) is 16.0 Å². The lowest BCUT2D eigenvalue weighted by Gasteiger charge is -2.36. The zero-order valence-electron chi connectivity index (χ0n) is 23.7. The van der Waals surface area contributed by atoms with Gasteiger partial charge in [0.05, 0.1) is 11.3 Å². The minimum Gasteiger partial charge on any atom is -0.480 e. The summed E-state index contributed by atoms with van der Waals surface area (Å²) in [6, 6.07) is 2.13. The predicted octanol–water partition coefficient (Wildman–Crippen LogP) is 0.453. The van der Waals surface area contributed by atoms with Gasteiger partial charge in [-0.25, -0.2) is 4.98 Å². The van der Waals surface area contributed by atoms with Crippen LogP contribution in [0.15, 0.2) is 36.8 Å². The van der Waals surface area contributed by atoms with Gasteiger partial charge in [-0.05, 0) is 30.7 Å². The van der Waals surface area contributed by atoms with Gasteiger partial charge in [-0.2, -0.15) is 0 Å². The Bertz CT molecular complexity index is 1350. The van der Waals surface area contributed by atoms with Crippen LogP contribution >= 0.6 is 0 Å². The Labute approximate surface area is 247 Å². The number of amides is 4. The van der Waals surface area contributed by atoms with E-state index in [1.54, 1.807) is 11.1 Å². The minimum absolute atomic E-state index is 0.0625. The number of carboxylic acid groups (broad SMARTS) is 1. The number of hydrogen-bond acceptors (Lipinski definition) is 8. The molecule has 0 radical (unpaired) electrons. The third kappa shape index (κ3) is 7.93. The number of likely N-dealkylation sites (tertiary alicyclic amines) is 1. The normalized spacial score (nSPS) is 20.8. The van der Waals surface area contributed by atoms with E-state index in [-0.39, 0.29) is 30.5 Å². The summed E-state index contributed by atoms with van der Waals surface area (Å²) in [5, 5.41) is 27.8. The Balaban J connectivity index is 1.58. The van der Waals surface area contributed by atoms with Crippen LogP contribution in [0.3, 0.4) is 0 Å². The number of nitro benzene ring substituents is 1. The molecular weight excluding hydrogens is 562 g/mol. The summed E-state index contributed by atoms with van der Waals surface area (Å²) in [5.41, 5.74) is 0.983. The SMILES string of the molecule is CC(=O)N[C@@H](Cc1cnc[nH]1)C(=O)N1[C@H](C(=O)N[C@@H](Cc2ccc([N+](=O)[O-])cc2)C(=O)NCC(=O)O)C[C@@H]2CCCC[C@@H]21. The number of aromatic amines is 1. The molecule has 0 bridgehead atoms. The smallest absolute Gasteiger partial charge is 0.322 e. The lowest BCUT2D eigenvalue weighted by Crippen LogP contribution is -2.58. The maximum Gasteiger partial charge on any atom is 0.322 e. The first-order valence-corrected chi connectivity index (χ1v) is 14.1. The molecule has 5 N–H and O–H groups in total. The summed E-state index contributed by atoms with van der Waals surface area (Å²) >= 11 is 0. The number of nitro groups is 1. The number of carboxylic acids is 1. The van der Waals surface area contributed by atoms with E-state index in [0.717, 1.165) is 19.3 Å². The predicted molar refractivity (Wildman–Crippen MR) is 150 cm³/mol. The first-order chi connectivity index (χ1) is 20.5. The molecule has 2 aromatic rings. The molecule has 1 aromatic heterocycles. The van der Waals surface area contributed by atoms with Crippen molar-refractivity contribution >= 4 is 35.3 Å². The Morgan fingerprint density at radius 2 is 1.81 bits per heavy atom. The fourth-order valence-corrected chi connectivity index (χ4v) is 6.01. The van der Waals surface area contributed by atoms with E-state index in [4.69, 9.17) is 5.11 Å². The van der Waals surface area contributed by atoms with Crippen LogP contribution in [-0.2, 0) is 36.8 Å². The number of benzene rings is 1. The van der Waals surface area contributed by atoms with Gasteiger partial charge < -0.3 is 30.9 Å². The number of carbonyl (C=O) groups excluding carboxylic acids is 4. The zero-order chi connectivity index (χ0) is 31.1. The van der Waals surface area contributed by atoms with Crippen molar-refractivity contribution in [1.29, 1.82) is 0 Å². The van der Waals surface area contributed by atoms with E-state index < -0.39 is 59.2 Å². The van der Waals surface area contributed by atoms with Crippen LogP contribution in [0.2, 0.25) is 0 Å². The Morgan fingerprint density at radius 3 is 2.44 bits per heavy atom. The minimum atomic E-state index is -1.27. The Kier molecular flexibility index (Phi) is 10.1. The molecule has 1 saturated heterocycles. The first kappa shape index (κ1) is 31.1. The highest BCUT2D eigenvalue weighted by molar-refractivity contribution is 5.95. The van der Waals surface area contributed by atoms with Crippen LogP contribution in [0.4, 0.5) is 5.69 Å². The fourth-order valence-electron chi connectivity index (χ4n) is 6.01. The summed E-state index contributed by atoms with van der Waals surface area (Å²) in [5.74, 6) is -3.36. The number of non-ortho nitro benzene ring substituents is 1. The second-order valence-electron chi connectivity index (χ2n) is 10.9. The molecule has 4 amide bonds. The molecule has 0 unspecified atom stereocenters. The summed E-state index contributed by atoms with van der Waals surface area (Å²) in [6.45, 7) is 0.638. The van der Waals surface area contributed by atoms with Crippen LogP contribution in [0.25, 0.3) is 0 Å². The summed E-state index contributed by atoms with van der Waals surface area (Å²) in [6.07, 6.45) is 6.83. The van der Waals surface area contributed by atoms with Gasteiger partial charge in [-0.15, -0.1) is 0 Å². The third-order valence-corrected chi connectivity index (χ3v) is 7.93. The average molecular weight is 598 g/mol. The van der Waals surface area contributed by atoms with Gasteiger partial charge in [0.15, 0.2) is 0 Å². The van der Waals surface area contributed by atoms with Crippen LogP contribution in [0.5, 0.6) is 0 Å². The highest BCUT2D eigenvalue weighted by Crippen LogP contribution is 2.40. The largest absolute Gasteiger partial charge is 0.480 e. The van der Waals surface area contributed by atoms with Crippen molar-refractivity contribution in [1.82, 2.24) is 30.8 Å². The maximum atomic E-state index is 14.0. The van der Waals surface area contributed by atoms with E-state index in [0.29, 0.717) is 24.1 Å². The number of imidazole rings is 1. The lowest BCUT2D eigenvalue weighted by molar-refractivity contribution is -0.384. The molecule has 15 heteroatoms. The molecule has 2 aliphatic rings. The molecular formula is C28H35N7O8. The molecule has 1 aliphatic carbocycles. The maximum absolute atomic E-state index is 14.0. The van der Waals surface area contributed by atoms with Crippen molar-refractivity contribution in [3.8, 4) is 0 Å². The number of nitrogens with one attached hydrogen (secondary N) is 4. The second kappa shape index (κ2) is 13.9. The molecule has 2 heterocycles. The molecule has 1 aromatic carbocycles. The van der Waals surface area contributed by atoms with Gasteiger partial charge in [0.25, 0.3) is 5.69 Å². The highest BCUT2D eigenvalue weighted by Gasteiger charge is 2.49. The summed E-state index contributed by atoms with van der Waals surface area (Å²) < 4.78 is 0. The van der Waals surface area contributed by atoms with Gasteiger partial charge in [-0.1, -0.05) is 25.0 Å². The quantitative estimate of drug-likeness (QED) is 0.169. The Hall–Kier alpha value is -4.82. The molecule has 1 saturated carbocycles. The van der Waals surface area contributed by atoms with Gasteiger partial charge in [-0.3, -0.25) is 34.1 Å². The topological polar surface area (TPSA) is 217 Å². The van der Waals surface area contributed by atoms with Crippen LogP contribution in [0.1, 0.15) is 50.3 Å². The second-order valence-corrected chi connectivity index (χ2v) is 10.9. The van der Waals surface area contributed by atoms with Crippen LogP contribution in [-0.4, -0.2) is 85.2 Å². The van der Waals surface area contributed by atoms with E-state index in [2.05, 4.69) is 25.9 Å². The van der Waals surface area contributed by atoms with Gasteiger partial charge in [0.2, 0.25) is 23.6 Å². The Morgan fingerprint density at radius 1 is 1.09 bits per heavy atom. The van der Waals surface area contributed by atoms with E-state index in [9.17, 15) is 34.1 Å². The molecule has 2 fully saturated rings. The monoisotopic (exact) mass is 597 g/mol. The third-order valence-electron chi connectivity index (χ3n) is 7.93. The fraction of sp³-hybridized carbons (Fsp3) is 0.500. The number of H-pyrrole nitrogens is 1. The number of aromatic nitrogens is 2. The number of nitrogens with zero attached hydrogens (tertiary/aromatic N) is 3. The van der Waals surface area contributed by atoms with E-state index in [1.807, 2.05) is 0 Å². The lowest BCUT2D eigenvalue weighted by atomic mass is 9.84. The van der Waals surface area contributed by atoms with Gasteiger partial charge in [0, 0.05) is 49.8 Å². The zero-order valence-corrected chi connectivity index (χ0v) is 23.7. The number of hydrogen-bond donors (Lipinski definition) is 5. The van der Waals surface area contributed by atoms with Crippen molar-refractivity contribution in [2.24, 2.45) is 5.92 Å². The van der Waals surface area contributed by atoms with E-state index in [1.165, 1.54) is 37.5 Å². The number of fused-ring (bicyclic) bond motifs is 1. The molecule has 4 rings (SSSR count). The molecule has 1 aliphatic heterocycles. The number of aliphatic carboxylic acids is 1. The van der Waals surface area contributed by atoms with Gasteiger partial charge >= 0.3 is 5.97 Å². The molecule has 0 spiro atoms. The van der Waals surface area contributed by atoms with Crippen molar-refractivity contribution in [2.45, 2.75) is 76.0 Å². The number of rotatable bonds is 12. The highest BCUT2D eigenvalue weighted by atomic mass is 16.6. The van der Waals surface area contributed by atoms with Crippen molar-refractivity contribution in [3.05, 3.63) is 58.2 Å². The van der Waals surface area contributed by atoms with Crippen molar-refractivity contribution in [3.63, 3.8) is 0 Å². The van der Waals surface area contributed by atoms with Crippen molar-refractivity contribution < 1.29 is 34.0 Å². The van der Waals surface area contributed by atoms with E-state index >= 15 is 0 Å². The summed E-state index contributed by atoms with van der Waals surface area (Å²) in [7, 11) is 0. The average Bonchev–Trinajstić information content (AvgIpc) is 3.63. The summed E-state index contributed by atoms with van der Waals surface area (Å²) in [4.78, 5) is 83.0. The van der Waals surface area contributed by atoms with Crippen LogP contribution < -0.4 is 16.0 Å². The molecule has 43 heavy (non-hydrogen) atoms. The first-order valence-electron chi connectivity index (χ1n) is 14.1. The molecule has 230 valence electrons. The molecule has 15 nitrogen and oxygen atoms in total. The van der Waals surface area contributed by atoms with Crippen molar-refractivity contribution in [2.75, 3.05) is 6.54 Å². The molecule has 5 atom stereocenters. The van der Waals surface area contributed by atoms with Gasteiger partial charge in [0.1, 0.15) is 24.7 Å².